The van der Waals surface area contributed by atoms with Crippen LogP contribution in [0, 0.1) is 6.92 Å². The van der Waals surface area contributed by atoms with Crippen molar-refractivity contribution in [3.05, 3.63) is 60.6 Å². The highest BCUT2D eigenvalue weighted by Crippen LogP contribution is 2.24. The molecule has 0 spiro atoms. The fraction of sp³-hybridized carbons (Fsp3) is 0.0667. The number of rotatable bonds is 2. The van der Waals surface area contributed by atoms with Gasteiger partial charge in [0.2, 0.25) is 0 Å². The van der Waals surface area contributed by atoms with Crippen molar-refractivity contribution in [1.82, 2.24) is 15.0 Å². The van der Waals surface area contributed by atoms with E-state index in [9.17, 15) is 0 Å². The average molecular weight is 235 g/mol. The van der Waals surface area contributed by atoms with E-state index in [1.54, 1.807) is 12.4 Å². The van der Waals surface area contributed by atoms with Gasteiger partial charge in [0.05, 0.1) is 5.69 Å². The average Bonchev–Trinajstić information content (AvgIpc) is 2.83. The molecule has 1 N–H and O–H groups in total. The van der Waals surface area contributed by atoms with Crippen molar-refractivity contribution in [2.75, 3.05) is 0 Å². The molecule has 0 bridgehead atoms. The largest absolute Gasteiger partial charge is 0.342 e. The number of aryl methyl sites for hydroxylation is 1. The van der Waals surface area contributed by atoms with Crippen LogP contribution in [0.5, 0.6) is 0 Å². The van der Waals surface area contributed by atoms with Crippen molar-refractivity contribution < 1.29 is 0 Å². The molecule has 2 aromatic heterocycles. The van der Waals surface area contributed by atoms with Crippen LogP contribution in [0.25, 0.3) is 22.6 Å². The third-order valence-corrected chi connectivity index (χ3v) is 2.89. The Morgan fingerprint density at radius 2 is 1.61 bits per heavy atom. The van der Waals surface area contributed by atoms with E-state index >= 15 is 0 Å². The van der Waals surface area contributed by atoms with E-state index in [0.29, 0.717) is 0 Å². The monoisotopic (exact) mass is 235 g/mol. The van der Waals surface area contributed by atoms with Crippen LogP contribution in [0.4, 0.5) is 0 Å². The standard InChI is InChI=1S/C15H13N3/c1-11-14(12-5-3-2-4-6-12)18-15(17-11)13-7-9-16-10-8-13/h2-10H,1H3,(H,17,18). The fourth-order valence-corrected chi connectivity index (χ4v) is 1.98. The second kappa shape index (κ2) is 4.45. The van der Waals surface area contributed by atoms with Gasteiger partial charge in [0.15, 0.2) is 0 Å². The van der Waals surface area contributed by atoms with Gasteiger partial charge in [-0.3, -0.25) is 4.98 Å². The zero-order chi connectivity index (χ0) is 12.4. The Labute approximate surface area is 106 Å². The third kappa shape index (κ3) is 1.91. The lowest BCUT2D eigenvalue weighted by atomic mass is 10.1. The van der Waals surface area contributed by atoms with Crippen molar-refractivity contribution >= 4 is 0 Å². The predicted molar refractivity (Wildman–Crippen MR) is 72.0 cm³/mol. The molecule has 0 aliphatic heterocycles. The molecule has 0 amide bonds. The molecule has 0 fully saturated rings. The van der Waals surface area contributed by atoms with Gasteiger partial charge in [-0.15, -0.1) is 0 Å². The number of imidazole rings is 1. The van der Waals surface area contributed by atoms with E-state index in [0.717, 1.165) is 28.3 Å². The Kier molecular flexibility index (Phi) is 2.65. The summed E-state index contributed by atoms with van der Waals surface area (Å²) in [6.45, 7) is 2.04. The van der Waals surface area contributed by atoms with Crippen molar-refractivity contribution in [2.24, 2.45) is 0 Å². The molecule has 0 atom stereocenters. The number of hydrogen-bond acceptors (Lipinski definition) is 2. The molecule has 88 valence electrons. The highest BCUT2D eigenvalue weighted by molar-refractivity contribution is 5.66. The van der Waals surface area contributed by atoms with Gasteiger partial charge >= 0.3 is 0 Å². The number of aromatic amines is 1. The lowest BCUT2D eigenvalue weighted by molar-refractivity contribution is 1.24. The number of benzene rings is 1. The molecule has 0 unspecified atom stereocenters. The maximum Gasteiger partial charge on any atom is 0.138 e. The van der Waals surface area contributed by atoms with Gasteiger partial charge in [-0.2, -0.15) is 0 Å². The maximum atomic E-state index is 4.67. The molecule has 1 aromatic carbocycles. The number of H-pyrrole nitrogens is 1. The second-order valence-electron chi connectivity index (χ2n) is 4.16. The van der Waals surface area contributed by atoms with Gasteiger partial charge in [-0.05, 0) is 19.1 Å². The molecule has 3 rings (SSSR count). The van der Waals surface area contributed by atoms with E-state index in [4.69, 9.17) is 0 Å². The van der Waals surface area contributed by atoms with Crippen LogP contribution in [0.3, 0.4) is 0 Å². The number of nitrogens with one attached hydrogen (secondary N) is 1. The first-order valence-electron chi connectivity index (χ1n) is 5.87. The highest BCUT2D eigenvalue weighted by Gasteiger charge is 2.09. The Hall–Kier alpha value is -2.42. The first kappa shape index (κ1) is 10.7. The van der Waals surface area contributed by atoms with Crippen LogP contribution >= 0.6 is 0 Å². The van der Waals surface area contributed by atoms with Crippen molar-refractivity contribution in [3.8, 4) is 22.6 Å². The van der Waals surface area contributed by atoms with Crippen LogP contribution in [0.2, 0.25) is 0 Å². The summed E-state index contributed by atoms with van der Waals surface area (Å²) in [7, 11) is 0. The molecule has 0 aliphatic rings. The number of pyridine rings is 1. The minimum absolute atomic E-state index is 0.883. The van der Waals surface area contributed by atoms with Crippen LogP contribution in [0.1, 0.15) is 5.69 Å². The SMILES string of the molecule is Cc1[nH]c(-c2ccncc2)nc1-c1ccccc1. The Morgan fingerprint density at radius 1 is 0.889 bits per heavy atom. The topological polar surface area (TPSA) is 41.6 Å². The number of nitrogens with zero attached hydrogens (tertiary/aromatic N) is 2. The summed E-state index contributed by atoms with van der Waals surface area (Å²) in [5, 5.41) is 0. The molecule has 3 aromatic rings. The Morgan fingerprint density at radius 3 is 2.33 bits per heavy atom. The molecule has 0 saturated heterocycles. The van der Waals surface area contributed by atoms with Crippen LogP contribution < -0.4 is 0 Å². The molecule has 0 radical (unpaired) electrons. The molecule has 3 nitrogen and oxygen atoms in total. The van der Waals surface area contributed by atoms with E-state index in [2.05, 4.69) is 27.1 Å². The Bertz CT molecular complexity index is 642. The minimum atomic E-state index is 0.883. The molecule has 3 heteroatoms. The van der Waals surface area contributed by atoms with Gasteiger partial charge < -0.3 is 4.98 Å². The fourth-order valence-electron chi connectivity index (χ4n) is 1.98. The zero-order valence-electron chi connectivity index (χ0n) is 10.1. The summed E-state index contributed by atoms with van der Waals surface area (Å²) in [4.78, 5) is 12.0. The minimum Gasteiger partial charge on any atom is -0.342 e. The van der Waals surface area contributed by atoms with Crippen LogP contribution in [-0.4, -0.2) is 15.0 Å². The lowest BCUT2D eigenvalue weighted by Crippen LogP contribution is -1.81. The van der Waals surface area contributed by atoms with E-state index in [-0.39, 0.29) is 0 Å². The van der Waals surface area contributed by atoms with E-state index < -0.39 is 0 Å². The second-order valence-corrected chi connectivity index (χ2v) is 4.16. The first-order chi connectivity index (χ1) is 8.84. The summed E-state index contributed by atoms with van der Waals surface area (Å²) < 4.78 is 0. The van der Waals surface area contributed by atoms with Crippen LogP contribution in [0.15, 0.2) is 54.9 Å². The van der Waals surface area contributed by atoms with Crippen molar-refractivity contribution in [2.45, 2.75) is 6.92 Å². The van der Waals surface area contributed by atoms with Crippen LogP contribution in [-0.2, 0) is 0 Å². The smallest absolute Gasteiger partial charge is 0.138 e. The first-order valence-corrected chi connectivity index (χ1v) is 5.87. The maximum absolute atomic E-state index is 4.67. The summed E-state index contributed by atoms with van der Waals surface area (Å²) in [5.41, 5.74) is 4.26. The molecular weight excluding hydrogens is 222 g/mol. The third-order valence-electron chi connectivity index (χ3n) is 2.89. The van der Waals surface area contributed by atoms with E-state index in [1.807, 2.05) is 37.3 Å². The number of aromatic nitrogens is 3. The van der Waals surface area contributed by atoms with Gasteiger partial charge in [-0.1, -0.05) is 30.3 Å². The Balaban J connectivity index is 2.07. The summed E-state index contributed by atoms with van der Waals surface area (Å²) >= 11 is 0. The molecule has 0 saturated carbocycles. The van der Waals surface area contributed by atoms with Crippen molar-refractivity contribution in [1.29, 1.82) is 0 Å². The molecule has 0 aliphatic carbocycles. The van der Waals surface area contributed by atoms with Gasteiger partial charge in [0, 0.05) is 29.2 Å². The van der Waals surface area contributed by atoms with E-state index in [1.165, 1.54) is 0 Å². The zero-order valence-corrected chi connectivity index (χ0v) is 10.1. The van der Waals surface area contributed by atoms with Crippen molar-refractivity contribution in [3.63, 3.8) is 0 Å². The summed E-state index contributed by atoms with van der Waals surface area (Å²) in [6, 6.07) is 14.1. The highest BCUT2D eigenvalue weighted by atomic mass is 14.9. The number of hydrogen-bond donors (Lipinski definition) is 1. The van der Waals surface area contributed by atoms with Gasteiger partial charge in [-0.25, -0.2) is 4.98 Å². The molecule has 2 heterocycles. The van der Waals surface area contributed by atoms with Gasteiger partial charge in [0.1, 0.15) is 5.82 Å². The summed E-state index contributed by atoms with van der Waals surface area (Å²) in [5.74, 6) is 0.883. The molecular formula is C15H13N3. The molecule has 18 heavy (non-hydrogen) atoms. The normalized spacial score (nSPS) is 10.5. The summed E-state index contributed by atoms with van der Waals surface area (Å²) in [6.07, 6.45) is 3.55. The van der Waals surface area contributed by atoms with Gasteiger partial charge in [0.25, 0.3) is 0 Å². The quantitative estimate of drug-likeness (QED) is 0.739. The predicted octanol–water partition coefficient (Wildman–Crippen LogP) is 3.45. The lowest BCUT2D eigenvalue weighted by Gasteiger charge is -1.96.